The summed E-state index contributed by atoms with van der Waals surface area (Å²) in [6.07, 6.45) is 11.4. The highest BCUT2D eigenvalue weighted by molar-refractivity contribution is 4.96. The molecule has 0 aromatic heterocycles. The molecule has 1 N–H and O–H groups in total. The standard InChI is InChI=1S/C18H35N3/c1-3-19-16-12-17-8-7-9-18(13-16)21(17)14-15(2)20-10-5-4-6-11-20/h15-19H,3-14H2,1-2H3. The van der Waals surface area contributed by atoms with Gasteiger partial charge >= 0.3 is 0 Å². The molecule has 21 heavy (non-hydrogen) atoms. The van der Waals surface area contributed by atoms with Crippen molar-refractivity contribution in [3.05, 3.63) is 0 Å². The number of nitrogens with one attached hydrogen (secondary N) is 1. The summed E-state index contributed by atoms with van der Waals surface area (Å²) >= 11 is 0. The molecular formula is C18H35N3. The summed E-state index contributed by atoms with van der Waals surface area (Å²) in [5.41, 5.74) is 0. The lowest BCUT2D eigenvalue weighted by Crippen LogP contribution is -2.59. The van der Waals surface area contributed by atoms with E-state index in [-0.39, 0.29) is 0 Å². The molecule has 122 valence electrons. The molecule has 3 unspecified atom stereocenters. The molecule has 3 aliphatic rings. The van der Waals surface area contributed by atoms with Crippen LogP contribution in [0, 0.1) is 0 Å². The van der Waals surface area contributed by atoms with Crippen LogP contribution in [0.1, 0.15) is 65.2 Å². The van der Waals surface area contributed by atoms with Gasteiger partial charge in [-0.05, 0) is 65.1 Å². The van der Waals surface area contributed by atoms with E-state index in [1.54, 1.807) is 0 Å². The summed E-state index contributed by atoms with van der Waals surface area (Å²) < 4.78 is 0. The smallest absolute Gasteiger partial charge is 0.0195 e. The van der Waals surface area contributed by atoms with Crippen molar-refractivity contribution < 1.29 is 0 Å². The molecular weight excluding hydrogens is 258 g/mol. The van der Waals surface area contributed by atoms with Crippen molar-refractivity contribution in [2.45, 2.75) is 89.4 Å². The predicted molar refractivity (Wildman–Crippen MR) is 89.7 cm³/mol. The van der Waals surface area contributed by atoms with Crippen molar-refractivity contribution in [1.82, 2.24) is 15.1 Å². The van der Waals surface area contributed by atoms with Gasteiger partial charge < -0.3 is 5.32 Å². The third-order valence-electron chi connectivity index (χ3n) is 6.11. The number of hydrogen-bond acceptors (Lipinski definition) is 3. The van der Waals surface area contributed by atoms with E-state index in [4.69, 9.17) is 0 Å². The predicted octanol–water partition coefficient (Wildman–Crippen LogP) is 2.86. The van der Waals surface area contributed by atoms with Gasteiger partial charge in [0.2, 0.25) is 0 Å². The monoisotopic (exact) mass is 293 g/mol. The molecule has 0 saturated carbocycles. The quantitative estimate of drug-likeness (QED) is 0.841. The van der Waals surface area contributed by atoms with Crippen molar-refractivity contribution in [2.75, 3.05) is 26.2 Å². The van der Waals surface area contributed by atoms with Crippen LogP contribution in [-0.4, -0.2) is 60.1 Å². The number of hydrogen-bond donors (Lipinski definition) is 1. The van der Waals surface area contributed by atoms with Crippen LogP contribution >= 0.6 is 0 Å². The van der Waals surface area contributed by atoms with E-state index < -0.39 is 0 Å². The summed E-state index contributed by atoms with van der Waals surface area (Å²) in [6, 6.07) is 3.25. The van der Waals surface area contributed by atoms with Crippen LogP contribution in [0.25, 0.3) is 0 Å². The first-order valence-electron chi connectivity index (χ1n) is 9.51. The fourth-order valence-corrected chi connectivity index (χ4v) is 5.01. The first-order valence-corrected chi connectivity index (χ1v) is 9.51. The van der Waals surface area contributed by atoms with Crippen molar-refractivity contribution >= 4 is 0 Å². The van der Waals surface area contributed by atoms with Gasteiger partial charge in [0.15, 0.2) is 0 Å². The van der Waals surface area contributed by atoms with Gasteiger partial charge in [0, 0.05) is 30.7 Å². The van der Waals surface area contributed by atoms with Crippen molar-refractivity contribution in [3.63, 3.8) is 0 Å². The van der Waals surface area contributed by atoms with Gasteiger partial charge in [-0.1, -0.05) is 19.8 Å². The van der Waals surface area contributed by atoms with E-state index in [1.807, 2.05) is 0 Å². The second-order valence-corrected chi connectivity index (χ2v) is 7.61. The number of nitrogens with zero attached hydrogens (tertiary/aromatic N) is 2. The lowest BCUT2D eigenvalue weighted by Gasteiger charge is -2.51. The molecule has 0 aliphatic carbocycles. The highest BCUT2D eigenvalue weighted by atomic mass is 15.3. The molecule has 3 saturated heterocycles. The molecule has 0 spiro atoms. The molecule has 3 heteroatoms. The maximum atomic E-state index is 3.71. The molecule has 3 heterocycles. The molecule has 0 radical (unpaired) electrons. The van der Waals surface area contributed by atoms with Crippen LogP contribution in [0.2, 0.25) is 0 Å². The van der Waals surface area contributed by atoms with Gasteiger partial charge in [0.1, 0.15) is 0 Å². The van der Waals surface area contributed by atoms with Crippen LogP contribution < -0.4 is 5.32 Å². The summed E-state index contributed by atoms with van der Waals surface area (Å²) in [5.74, 6) is 0. The number of piperidine rings is 3. The Kier molecular flexibility index (Phi) is 5.58. The normalized spacial score (nSPS) is 36.6. The van der Waals surface area contributed by atoms with Crippen LogP contribution in [0.4, 0.5) is 0 Å². The summed E-state index contributed by atoms with van der Waals surface area (Å²) in [6.45, 7) is 9.84. The minimum Gasteiger partial charge on any atom is -0.314 e. The highest BCUT2D eigenvalue weighted by Gasteiger charge is 2.38. The Morgan fingerprint density at radius 1 is 1.00 bits per heavy atom. The molecule has 3 aliphatic heterocycles. The van der Waals surface area contributed by atoms with Gasteiger partial charge in [-0.2, -0.15) is 0 Å². The summed E-state index contributed by atoms with van der Waals surface area (Å²) in [4.78, 5) is 5.65. The minimum atomic E-state index is 0.754. The average molecular weight is 293 g/mol. The maximum Gasteiger partial charge on any atom is 0.0195 e. The Balaban J connectivity index is 1.57. The molecule has 3 nitrogen and oxygen atoms in total. The molecule has 0 amide bonds. The van der Waals surface area contributed by atoms with Crippen LogP contribution in [0.3, 0.4) is 0 Å². The highest BCUT2D eigenvalue weighted by Crippen LogP contribution is 2.34. The molecule has 3 atom stereocenters. The van der Waals surface area contributed by atoms with Crippen molar-refractivity contribution in [2.24, 2.45) is 0 Å². The molecule has 0 aromatic carbocycles. The summed E-state index contributed by atoms with van der Waals surface area (Å²) in [5, 5.41) is 3.71. The van der Waals surface area contributed by atoms with Crippen LogP contribution in [-0.2, 0) is 0 Å². The Bertz CT molecular complexity index is 300. The van der Waals surface area contributed by atoms with Gasteiger partial charge in [-0.15, -0.1) is 0 Å². The van der Waals surface area contributed by atoms with Gasteiger partial charge in [-0.3, -0.25) is 9.80 Å². The number of rotatable bonds is 5. The second kappa shape index (κ2) is 7.43. The largest absolute Gasteiger partial charge is 0.314 e. The van der Waals surface area contributed by atoms with Crippen LogP contribution in [0.5, 0.6) is 0 Å². The van der Waals surface area contributed by atoms with Crippen LogP contribution in [0.15, 0.2) is 0 Å². The SMILES string of the molecule is CCNC1CC2CCCC(C1)N2CC(C)N1CCCCC1. The van der Waals surface area contributed by atoms with Crippen molar-refractivity contribution in [3.8, 4) is 0 Å². The molecule has 0 aromatic rings. The zero-order chi connectivity index (χ0) is 14.7. The minimum absolute atomic E-state index is 0.754. The third kappa shape index (κ3) is 3.80. The Morgan fingerprint density at radius 2 is 1.67 bits per heavy atom. The van der Waals surface area contributed by atoms with Gasteiger partial charge in [-0.25, -0.2) is 0 Å². The molecule has 3 rings (SSSR count). The van der Waals surface area contributed by atoms with E-state index in [0.717, 1.165) is 30.7 Å². The number of likely N-dealkylation sites (tertiary alicyclic amines) is 1. The molecule has 2 bridgehead atoms. The second-order valence-electron chi connectivity index (χ2n) is 7.61. The Hall–Kier alpha value is -0.120. The van der Waals surface area contributed by atoms with Gasteiger partial charge in [0.05, 0.1) is 0 Å². The first kappa shape index (κ1) is 15.8. The van der Waals surface area contributed by atoms with E-state index in [0.29, 0.717) is 0 Å². The van der Waals surface area contributed by atoms with E-state index in [9.17, 15) is 0 Å². The van der Waals surface area contributed by atoms with E-state index >= 15 is 0 Å². The fourth-order valence-electron chi connectivity index (χ4n) is 5.01. The maximum absolute atomic E-state index is 3.71. The summed E-state index contributed by atoms with van der Waals surface area (Å²) in [7, 11) is 0. The fraction of sp³-hybridized carbons (Fsp3) is 1.00. The zero-order valence-electron chi connectivity index (χ0n) is 14.2. The number of fused-ring (bicyclic) bond motifs is 2. The Labute approximate surface area is 131 Å². The first-order chi connectivity index (χ1) is 10.3. The Morgan fingerprint density at radius 3 is 2.29 bits per heavy atom. The molecule has 3 fully saturated rings. The topological polar surface area (TPSA) is 18.5 Å². The van der Waals surface area contributed by atoms with E-state index in [1.165, 1.54) is 71.0 Å². The third-order valence-corrected chi connectivity index (χ3v) is 6.11. The lowest BCUT2D eigenvalue weighted by molar-refractivity contribution is 0.00156. The van der Waals surface area contributed by atoms with Crippen molar-refractivity contribution in [1.29, 1.82) is 0 Å². The van der Waals surface area contributed by atoms with Gasteiger partial charge in [0.25, 0.3) is 0 Å². The zero-order valence-corrected chi connectivity index (χ0v) is 14.2. The lowest BCUT2D eigenvalue weighted by atomic mass is 9.81. The van der Waals surface area contributed by atoms with E-state index in [2.05, 4.69) is 29.0 Å². The average Bonchev–Trinajstić information content (AvgIpc) is 2.49.